The second-order valence-electron chi connectivity index (χ2n) is 6.27. The van der Waals surface area contributed by atoms with E-state index in [2.05, 4.69) is 15.3 Å². The first-order chi connectivity index (χ1) is 12.5. The molecule has 8 nitrogen and oxygen atoms in total. The third-order valence-electron chi connectivity index (χ3n) is 4.33. The molecule has 3 rings (SSSR count). The van der Waals surface area contributed by atoms with Gasteiger partial charge >= 0.3 is 5.97 Å². The lowest BCUT2D eigenvalue weighted by molar-refractivity contribution is -0.119. The van der Waals surface area contributed by atoms with Crippen LogP contribution in [-0.4, -0.2) is 58.0 Å². The number of carbonyl (C=O) groups excluding carboxylic acids is 1. The Hall–Kier alpha value is -2.71. The molecule has 1 unspecified atom stereocenters. The van der Waals surface area contributed by atoms with Crippen LogP contribution in [-0.2, 0) is 16.1 Å². The normalized spacial score (nSPS) is 16.2. The molecule has 0 bridgehead atoms. The lowest BCUT2D eigenvalue weighted by Crippen LogP contribution is -2.35. The Bertz CT molecular complexity index is 783. The average Bonchev–Trinajstić information content (AvgIpc) is 3.12. The summed E-state index contributed by atoms with van der Waals surface area (Å²) >= 11 is 0. The number of carboxylic acids is 1. The zero-order valence-electron chi connectivity index (χ0n) is 14.6. The van der Waals surface area contributed by atoms with Crippen molar-refractivity contribution >= 4 is 17.6 Å². The maximum atomic E-state index is 12.4. The first-order valence-electron chi connectivity index (χ1n) is 8.50. The van der Waals surface area contributed by atoms with Gasteiger partial charge in [-0.2, -0.15) is 5.10 Å². The molecule has 8 heteroatoms. The predicted octanol–water partition coefficient (Wildman–Crippen LogP) is 1.61. The summed E-state index contributed by atoms with van der Waals surface area (Å²) in [5, 5.41) is 15.8. The average molecular weight is 358 g/mol. The molecule has 0 spiro atoms. The second kappa shape index (κ2) is 8.11. The number of anilines is 1. The predicted molar refractivity (Wildman–Crippen MR) is 95.1 cm³/mol. The molecule has 0 saturated carbocycles. The van der Waals surface area contributed by atoms with Crippen LogP contribution in [0.2, 0.25) is 0 Å². The highest BCUT2D eigenvalue weighted by molar-refractivity contribution is 5.93. The third kappa shape index (κ3) is 4.47. The van der Waals surface area contributed by atoms with Crippen LogP contribution in [0.5, 0.6) is 0 Å². The number of hydrogen-bond donors (Lipinski definition) is 2. The van der Waals surface area contributed by atoms with Gasteiger partial charge in [0.15, 0.2) is 0 Å². The molecule has 1 atom stereocenters. The zero-order valence-corrected chi connectivity index (χ0v) is 14.6. The van der Waals surface area contributed by atoms with Gasteiger partial charge in [-0.1, -0.05) is 12.1 Å². The molecule has 2 heterocycles. The zero-order chi connectivity index (χ0) is 18.5. The van der Waals surface area contributed by atoms with Gasteiger partial charge in [-0.15, -0.1) is 0 Å². The van der Waals surface area contributed by atoms with Crippen LogP contribution in [0.3, 0.4) is 0 Å². The fraction of sp³-hybridized carbons (Fsp3) is 0.389. The van der Waals surface area contributed by atoms with Crippen LogP contribution in [0.25, 0.3) is 0 Å². The van der Waals surface area contributed by atoms with Crippen LogP contribution >= 0.6 is 0 Å². The van der Waals surface area contributed by atoms with E-state index in [4.69, 9.17) is 9.84 Å². The minimum atomic E-state index is -1.07. The van der Waals surface area contributed by atoms with Crippen molar-refractivity contribution in [1.29, 1.82) is 0 Å². The molecular weight excluding hydrogens is 336 g/mol. The van der Waals surface area contributed by atoms with Crippen molar-refractivity contribution in [3.05, 3.63) is 47.8 Å². The quantitative estimate of drug-likeness (QED) is 0.814. The maximum absolute atomic E-state index is 12.4. The number of aromatic carboxylic acids is 1. The van der Waals surface area contributed by atoms with Crippen LogP contribution in [0.4, 0.5) is 5.69 Å². The molecule has 1 amide bonds. The topological polar surface area (TPSA) is 96.7 Å². The minimum absolute atomic E-state index is 0.0529. The molecule has 2 aromatic rings. The number of ether oxygens (including phenoxy) is 1. The lowest BCUT2D eigenvalue weighted by Gasteiger charge is -2.26. The lowest BCUT2D eigenvalue weighted by atomic mass is 10.1. The number of hydrogen-bond acceptors (Lipinski definition) is 5. The van der Waals surface area contributed by atoms with E-state index < -0.39 is 12.0 Å². The molecule has 1 saturated heterocycles. The SMILES string of the molecule is CC(C(=O)Nc1cccc(CN2CCOCC2)c1)n1cc(C(=O)O)cn1. The fourth-order valence-electron chi connectivity index (χ4n) is 2.79. The number of benzene rings is 1. The molecule has 1 fully saturated rings. The largest absolute Gasteiger partial charge is 0.478 e. The highest BCUT2D eigenvalue weighted by Crippen LogP contribution is 2.16. The van der Waals surface area contributed by atoms with Gasteiger partial charge in [0, 0.05) is 31.5 Å². The van der Waals surface area contributed by atoms with Crippen molar-refractivity contribution in [1.82, 2.24) is 14.7 Å². The van der Waals surface area contributed by atoms with Crippen molar-refractivity contribution in [3.8, 4) is 0 Å². The van der Waals surface area contributed by atoms with Crippen LogP contribution < -0.4 is 5.32 Å². The van der Waals surface area contributed by atoms with Gasteiger partial charge in [0.1, 0.15) is 6.04 Å². The molecular formula is C18H22N4O4. The molecule has 1 aromatic carbocycles. The van der Waals surface area contributed by atoms with E-state index in [1.807, 2.05) is 24.3 Å². The van der Waals surface area contributed by atoms with Crippen molar-refractivity contribution in [2.24, 2.45) is 0 Å². The van der Waals surface area contributed by atoms with Crippen LogP contribution in [0, 0.1) is 0 Å². The van der Waals surface area contributed by atoms with E-state index in [0.29, 0.717) is 5.69 Å². The maximum Gasteiger partial charge on any atom is 0.338 e. The van der Waals surface area contributed by atoms with Gasteiger partial charge in [0.2, 0.25) is 5.91 Å². The minimum Gasteiger partial charge on any atom is -0.478 e. The van der Waals surface area contributed by atoms with Crippen LogP contribution in [0.1, 0.15) is 28.9 Å². The smallest absolute Gasteiger partial charge is 0.338 e. The van der Waals surface area contributed by atoms with Crippen molar-refractivity contribution in [3.63, 3.8) is 0 Å². The summed E-state index contributed by atoms with van der Waals surface area (Å²) in [6.07, 6.45) is 2.58. The Morgan fingerprint density at radius 1 is 1.35 bits per heavy atom. The summed E-state index contributed by atoms with van der Waals surface area (Å²) in [6, 6.07) is 7.10. The first-order valence-corrected chi connectivity index (χ1v) is 8.50. The molecule has 0 radical (unpaired) electrons. The third-order valence-corrected chi connectivity index (χ3v) is 4.33. The van der Waals surface area contributed by atoms with Gasteiger partial charge in [-0.25, -0.2) is 4.79 Å². The molecule has 26 heavy (non-hydrogen) atoms. The Labute approximate surface area is 151 Å². The van der Waals surface area contributed by atoms with E-state index in [0.717, 1.165) is 38.4 Å². The summed E-state index contributed by atoms with van der Waals surface area (Å²) in [5.41, 5.74) is 1.87. The van der Waals surface area contributed by atoms with E-state index in [1.54, 1.807) is 6.92 Å². The Morgan fingerprint density at radius 2 is 2.12 bits per heavy atom. The number of rotatable bonds is 6. The molecule has 1 aromatic heterocycles. The number of aromatic nitrogens is 2. The monoisotopic (exact) mass is 358 g/mol. The summed E-state index contributed by atoms with van der Waals surface area (Å²) in [5.74, 6) is -1.33. The number of amides is 1. The van der Waals surface area contributed by atoms with Crippen molar-refractivity contribution in [2.45, 2.75) is 19.5 Å². The first kappa shape index (κ1) is 18.1. The number of nitrogens with one attached hydrogen (secondary N) is 1. The molecule has 1 aliphatic rings. The molecule has 2 N–H and O–H groups in total. The van der Waals surface area contributed by atoms with E-state index in [9.17, 15) is 9.59 Å². The fourth-order valence-corrected chi connectivity index (χ4v) is 2.79. The second-order valence-corrected chi connectivity index (χ2v) is 6.27. The van der Waals surface area contributed by atoms with Gasteiger partial charge in [0.25, 0.3) is 0 Å². The Balaban J connectivity index is 1.62. The summed E-state index contributed by atoms with van der Waals surface area (Å²) < 4.78 is 6.70. The highest BCUT2D eigenvalue weighted by Gasteiger charge is 2.18. The highest BCUT2D eigenvalue weighted by atomic mass is 16.5. The standard InChI is InChI=1S/C18H22N4O4/c1-13(22-12-15(10-19-22)18(24)25)17(23)20-16-4-2-3-14(9-16)11-21-5-7-26-8-6-21/h2-4,9-10,12-13H,5-8,11H2,1H3,(H,20,23)(H,24,25). The molecule has 0 aliphatic carbocycles. The summed E-state index contributed by atoms with van der Waals surface area (Å²) in [4.78, 5) is 25.7. The van der Waals surface area contributed by atoms with Crippen molar-refractivity contribution < 1.29 is 19.4 Å². The van der Waals surface area contributed by atoms with Gasteiger partial charge in [-0.3, -0.25) is 14.4 Å². The molecule has 138 valence electrons. The number of carbonyl (C=O) groups is 2. The summed E-state index contributed by atoms with van der Waals surface area (Å²) in [7, 11) is 0. The summed E-state index contributed by atoms with van der Waals surface area (Å²) in [6.45, 7) is 5.78. The Morgan fingerprint density at radius 3 is 2.81 bits per heavy atom. The Kier molecular flexibility index (Phi) is 5.65. The van der Waals surface area contributed by atoms with Gasteiger partial charge in [-0.05, 0) is 24.6 Å². The van der Waals surface area contributed by atoms with Gasteiger partial charge in [0.05, 0.1) is 25.0 Å². The number of carboxylic acid groups (broad SMARTS) is 1. The van der Waals surface area contributed by atoms with Crippen LogP contribution in [0.15, 0.2) is 36.7 Å². The van der Waals surface area contributed by atoms with E-state index >= 15 is 0 Å². The van der Waals surface area contributed by atoms with Gasteiger partial charge < -0.3 is 15.2 Å². The van der Waals surface area contributed by atoms with Crippen molar-refractivity contribution in [2.75, 3.05) is 31.6 Å². The number of nitrogens with zero attached hydrogens (tertiary/aromatic N) is 3. The molecule has 1 aliphatic heterocycles. The van der Waals surface area contributed by atoms with E-state index in [-0.39, 0.29) is 11.5 Å². The number of morpholine rings is 1. The van der Waals surface area contributed by atoms with E-state index in [1.165, 1.54) is 17.1 Å².